The van der Waals surface area contributed by atoms with Gasteiger partial charge in [0.15, 0.2) is 0 Å². The molecule has 0 nitrogen and oxygen atoms in total. The molecule has 10 aromatic rings. The van der Waals surface area contributed by atoms with Gasteiger partial charge in [0.25, 0.3) is 0 Å². The van der Waals surface area contributed by atoms with E-state index < -0.39 is 0 Å². The monoisotopic (exact) mass is 698 g/mol. The summed E-state index contributed by atoms with van der Waals surface area (Å²) in [4.78, 5) is 0. The van der Waals surface area contributed by atoms with E-state index in [-0.39, 0.29) is 5.41 Å². The Balaban J connectivity index is 1.07. The highest BCUT2D eigenvalue weighted by Crippen LogP contribution is 2.52. The van der Waals surface area contributed by atoms with Crippen LogP contribution >= 0.6 is 0 Å². The van der Waals surface area contributed by atoms with Gasteiger partial charge in [0, 0.05) is 5.41 Å². The highest BCUT2D eigenvalue weighted by molar-refractivity contribution is 6.22. The van der Waals surface area contributed by atoms with Crippen LogP contribution in [0.4, 0.5) is 0 Å². The molecule has 0 aromatic heterocycles. The molecule has 1 aliphatic rings. The van der Waals surface area contributed by atoms with Crippen molar-refractivity contribution in [2.75, 3.05) is 0 Å². The quantitative estimate of drug-likeness (QED) is 0.127. The van der Waals surface area contributed by atoms with Crippen molar-refractivity contribution in [3.05, 3.63) is 205 Å². The van der Waals surface area contributed by atoms with Crippen LogP contribution in [0.3, 0.4) is 0 Å². The third-order valence-corrected chi connectivity index (χ3v) is 12.2. The first kappa shape index (κ1) is 31.7. The summed E-state index contributed by atoms with van der Waals surface area (Å²) in [5.41, 5.74) is 15.5. The lowest BCUT2D eigenvalue weighted by molar-refractivity contribution is 0.662. The maximum Gasteiger partial charge on any atom is 0.0165 e. The Morgan fingerprint density at radius 1 is 0.291 bits per heavy atom. The summed E-state index contributed by atoms with van der Waals surface area (Å²) in [6.45, 7) is 4.74. The van der Waals surface area contributed by atoms with E-state index in [0.717, 1.165) is 0 Å². The Morgan fingerprint density at radius 2 is 0.782 bits per heavy atom. The van der Waals surface area contributed by atoms with Gasteiger partial charge in [0.2, 0.25) is 0 Å². The largest absolute Gasteiger partial charge is 0.0619 e. The van der Waals surface area contributed by atoms with Crippen molar-refractivity contribution >= 4 is 43.1 Å². The zero-order valence-electron chi connectivity index (χ0n) is 31.0. The van der Waals surface area contributed by atoms with Gasteiger partial charge in [-0.3, -0.25) is 0 Å². The van der Waals surface area contributed by atoms with E-state index in [4.69, 9.17) is 0 Å². The summed E-state index contributed by atoms with van der Waals surface area (Å²) in [6.07, 6.45) is 0. The molecule has 0 atom stereocenters. The van der Waals surface area contributed by atoms with E-state index in [0.29, 0.717) is 0 Å². The molecule has 258 valence electrons. The fourth-order valence-electron chi connectivity index (χ4n) is 9.79. The topological polar surface area (TPSA) is 0 Å². The van der Waals surface area contributed by atoms with E-state index in [9.17, 15) is 0 Å². The zero-order chi connectivity index (χ0) is 36.7. The minimum atomic E-state index is -0.0673. The molecule has 11 rings (SSSR count). The Labute approximate surface area is 322 Å². The van der Waals surface area contributed by atoms with Gasteiger partial charge in [-0.05, 0) is 122 Å². The molecule has 0 heteroatoms. The van der Waals surface area contributed by atoms with Crippen LogP contribution in [0.15, 0.2) is 194 Å². The molecule has 0 spiro atoms. The molecule has 0 amide bonds. The van der Waals surface area contributed by atoms with Crippen LogP contribution in [0.25, 0.3) is 98.7 Å². The first-order valence-corrected chi connectivity index (χ1v) is 19.4. The van der Waals surface area contributed by atoms with Crippen LogP contribution in [0, 0.1) is 0 Å². The van der Waals surface area contributed by atoms with Crippen molar-refractivity contribution in [1.82, 2.24) is 0 Å². The van der Waals surface area contributed by atoms with Crippen molar-refractivity contribution in [2.24, 2.45) is 0 Å². The highest BCUT2D eigenvalue weighted by atomic mass is 14.4. The highest BCUT2D eigenvalue weighted by Gasteiger charge is 2.37. The second-order valence-corrected chi connectivity index (χ2v) is 15.6. The standard InChI is InChI=1S/C55H38/c1-55(2)51-28-12-11-21-44(51)49-27-14-26-41(54(49)55)35-29-31-36(32-30-35)52-45-22-7-9-24-47(45)53(48-25-10-8-23-46(48)52)39-17-13-16-37(33-39)50-34-38-15-3-4-18-40(38)42-19-5-6-20-43(42)50/h3-34H,1-2H3. The number of hydrogen-bond acceptors (Lipinski definition) is 0. The minimum Gasteiger partial charge on any atom is -0.0619 e. The third-order valence-electron chi connectivity index (χ3n) is 12.2. The molecule has 0 heterocycles. The average Bonchev–Trinajstić information content (AvgIpc) is 3.48. The van der Waals surface area contributed by atoms with Crippen molar-refractivity contribution in [1.29, 1.82) is 0 Å². The summed E-state index contributed by atoms with van der Waals surface area (Å²) in [7, 11) is 0. The Morgan fingerprint density at radius 3 is 1.49 bits per heavy atom. The Kier molecular flexibility index (Phi) is 7.00. The van der Waals surface area contributed by atoms with Gasteiger partial charge in [-0.15, -0.1) is 0 Å². The molecular weight excluding hydrogens is 661 g/mol. The molecule has 0 radical (unpaired) electrons. The van der Waals surface area contributed by atoms with Gasteiger partial charge in [-0.2, -0.15) is 0 Å². The molecule has 0 saturated heterocycles. The average molecular weight is 699 g/mol. The van der Waals surface area contributed by atoms with Crippen LogP contribution < -0.4 is 0 Å². The molecular formula is C55H38. The molecule has 0 unspecified atom stereocenters. The van der Waals surface area contributed by atoms with E-state index in [1.54, 1.807) is 0 Å². The maximum atomic E-state index is 2.40. The van der Waals surface area contributed by atoms with Crippen molar-refractivity contribution in [3.63, 3.8) is 0 Å². The van der Waals surface area contributed by atoms with Gasteiger partial charge >= 0.3 is 0 Å². The normalized spacial score (nSPS) is 13.1. The van der Waals surface area contributed by atoms with Crippen LogP contribution in [0.1, 0.15) is 25.0 Å². The number of hydrogen-bond donors (Lipinski definition) is 0. The molecule has 0 saturated carbocycles. The Bertz CT molecular complexity index is 3100. The first-order chi connectivity index (χ1) is 27.1. The van der Waals surface area contributed by atoms with Gasteiger partial charge in [0.05, 0.1) is 0 Å². The summed E-state index contributed by atoms with van der Waals surface area (Å²) in [5.74, 6) is 0. The van der Waals surface area contributed by atoms with Gasteiger partial charge in [-0.25, -0.2) is 0 Å². The fourth-order valence-corrected chi connectivity index (χ4v) is 9.79. The molecule has 0 N–H and O–H groups in total. The molecule has 1 aliphatic carbocycles. The maximum absolute atomic E-state index is 2.40. The third kappa shape index (κ3) is 4.78. The van der Waals surface area contributed by atoms with Crippen molar-refractivity contribution in [3.8, 4) is 55.6 Å². The lowest BCUT2D eigenvalue weighted by Gasteiger charge is -2.24. The molecule has 0 bridgehead atoms. The van der Waals surface area contributed by atoms with Crippen LogP contribution in [-0.2, 0) is 5.41 Å². The predicted molar refractivity (Wildman–Crippen MR) is 236 cm³/mol. The second kappa shape index (κ2) is 12.1. The lowest BCUT2D eigenvalue weighted by atomic mass is 9.78. The Hall–Kier alpha value is -6.76. The zero-order valence-corrected chi connectivity index (χ0v) is 31.0. The van der Waals surface area contributed by atoms with E-state index in [1.807, 2.05) is 0 Å². The molecule has 10 aromatic carbocycles. The predicted octanol–water partition coefficient (Wildman–Crippen LogP) is 15.3. The summed E-state index contributed by atoms with van der Waals surface area (Å²) in [6, 6.07) is 72.1. The minimum absolute atomic E-state index is 0.0673. The van der Waals surface area contributed by atoms with Crippen molar-refractivity contribution < 1.29 is 0 Å². The van der Waals surface area contributed by atoms with E-state index in [1.165, 1.54) is 110 Å². The SMILES string of the molecule is CC1(C)c2ccccc2-c2cccc(-c3ccc(-c4c5ccccc5c(-c5cccc(-c6cc7ccccc7c7ccccc67)c5)c5ccccc45)cc3)c21. The van der Waals surface area contributed by atoms with Crippen LogP contribution in [0.5, 0.6) is 0 Å². The van der Waals surface area contributed by atoms with Gasteiger partial charge in [-0.1, -0.05) is 196 Å². The molecule has 55 heavy (non-hydrogen) atoms. The molecule has 0 fully saturated rings. The number of benzene rings is 10. The smallest absolute Gasteiger partial charge is 0.0165 e. The summed E-state index contributed by atoms with van der Waals surface area (Å²) < 4.78 is 0. The number of fused-ring (bicyclic) bond motifs is 8. The number of rotatable bonds is 4. The van der Waals surface area contributed by atoms with Crippen LogP contribution in [-0.4, -0.2) is 0 Å². The second-order valence-electron chi connectivity index (χ2n) is 15.6. The lowest BCUT2D eigenvalue weighted by Crippen LogP contribution is -2.16. The van der Waals surface area contributed by atoms with Gasteiger partial charge in [0.1, 0.15) is 0 Å². The summed E-state index contributed by atoms with van der Waals surface area (Å²) >= 11 is 0. The fraction of sp³-hybridized carbons (Fsp3) is 0.0545. The summed E-state index contributed by atoms with van der Waals surface area (Å²) in [5, 5.41) is 10.2. The van der Waals surface area contributed by atoms with Crippen molar-refractivity contribution in [2.45, 2.75) is 19.3 Å². The van der Waals surface area contributed by atoms with Crippen LogP contribution in [0.2, 0.25) is 0 Å². The van der Waals surface area contributed by atoms with Gasteiger partial charge < -0.3 is 0 Å². The first-order valence-electron chi connectivity index (χ1n) is 19.4. The van der Waals surface area contributed by atoms with E-state index >= 15 is 0 Å². The van der Waals surface area contributed by atoms with E-state index in [2.05, 4.69) is 208 Å². The molecule has 0 aliphatic heterocycles.